The molecule has 1 aliphatic rings. The van der Waals surface area contributed by atoms with Crippen LogP contribution in [0, 0.1) is 13.8 Å². The van der Waals surface area contributed by atoms with Crippen LogP contribution >= 0.6 is 0 Å². The predicted octanol–water partition coefficient (Wildman–Crippen LogP) is 1.63. The molecular weight excluding hydrogens is 290 g/mol. The zero-order chi connectivity index (χ0) is 16.6. The van der Waals surface area contributed by atoms with Gasteiger partial charge in [-0.05, 0) is 20.3 Å². The number of hydrogen-bond acceptors (Lipinski definition) is 4. The summed E-state index contributed by atoms with van der Waals surface area (Å²) >= 11 is 0. The van der Waals surface area contributed by atoms with Crippen molar-refractivity contribution < 1.29 is 0 Å². The van der Waals surface area contributed by atoms with Crippen molar-refractivity contribution in [3.63, 3.8) is 0 Å². The maximum absolute atomic E-state index is 12.3. The molecule has 2 aromatic heterocycles. The fourth-order valence-corrected chi connectivity index (χ4v) is 3.15. The summed E-state index contributed by atoms with van der Waals surface area (Å²) < 4.78 is 2.14. The first-order valence-corrected chi connectivity index (χ1v) is 8.31. The number of fused-ring (bicyclic) bond motifs is 1. The number of hydrogen-bond donors (Lipinski definition) is 1. The second-order valence-corrected chi connectivity index (χ2v) is 6.41. The molecule has 6 nitrogen and oxygen atoms in total. The number of aromatic amines is 1. The molecule has 1 N–H and O–H groups in total. The van der Waals surface area contributed by atoms with Crippen LogP contribution in [0.1, 0.15) is 47.6 Å². The van der Waals surface area contributed by atoms with Crippen LogP contribution in [-0.4, -0.2) is 31.0 Å². The van der Waals surface area contributed by atoms with Crippen LogP contribution in [-0.2, 0) is 33.0 Å². The van der Waals surface area contributed by atoms with Crippen LogP contribution in [0.5, 0.6) is 0 Å². The molecule has 3 rings (SSSR count). The topological polar surface area (TPSA) is 66.8 Å². The molecule has 0 aliphatic carbocycles. The normalized spacial score (nSPS) is 15.0. The van der Waals surface area contributed by atoms with Crippen LogP contribution in [0.4, 0.5) is 0 Å². The van der Waals surface area contributed by atoms with E-state index in [2.05, 4.69) is 38.3 Å². The Morgan fingerprint density at radius 2 is 2.04 bits per heavy atom. The Morgan fingerprint density at radius 1 is 1.26 bits per heavy atom. The molecule has 23 heavy (non-hydrogen) atoms. The fourth-order valence-electron chi connectivity index (χ4n) is 3.15. The van der Waals surface area contributed by atoms with Gasteiger partial charge in [-0.2, -0.15) is 0 Å². The minimum Gasteiger partial charge on any atom is -0.334 e. The summed E-state index contributed by atoms with van der Waals surface area (Å²) in [4.78, 5) is 26.8. The molecule has 0 amide bonds. The van der Waals surface area contributed by atoms with Crippen molar-refractivity contribution in [3.8, 4) is 0 Å². The van der Waals surface area contributed by atoms with Crippen molar-refractivity contribution in [2.24, 2.45) is 7.05 Å². The fraction of sp³-hybridized carbons (Fsp3) is 0.588. The van der Waals surface area contributed by atoms with E-state index in [0.29, 0.717) is 6.54 Å². The maximum atomic E-state index is 12.3. The van der Waals surface area contributed by atoms with Gasteiger partial charge in [0.15, 0.2) is 0 Å². The van der Waals surface area contributed by atoms with Crippen molar-refractivity contribution in [1.29, 1.82) is 0 Å². The summed E-state index contributed by atoms with van der Waals surface area (Å²) in [5, 5.41) is 0. The molecule has 0 spiro atoms. The van der Waals surface area contributed by atoms with Crippen molar-refractivity contribution in [2.75, 3.05) is 6.54 Å². The summed E-state index contributed by atoms with van der Waals surface area (Å²) in [5.74, 6) is 1.87. The van der Waals surface area contributed by atoms with E-state index in [0.717, 1.165) is 61.0 Å². The molecule has 0 bridgehead atoms. The molecule has 0 saturated carbocycles. The van der Waals surface area contributed by atoms with E-state index in [1.165, 1.54) is 5.69 Å². The Kier molecular flexibility index (Phi) is 4.35. The van der Waals surface area contributed by atoms with Gasteiger partial charge in [-0.1, -0.05) is 6.92 Å². The molecule has 1 aliphatic heterocycles. The quantitative estimate of drug-likeness (QED) is 0.931. The lowest BCUT2D eigenvalue weighted by Crippen LogP contribution is -2.36. The highest BCUT2D eigenvalue weighted by molar-refractivity contribution is 5.21. The number of nitrogens with one attached hydrogen (secondary N) is 1. The van der Waals surface area contributed by atoms with E-state index in [1.807, 2.05) is 14.0 Å². The second kappa shape index (κ2) is 6.28. The highest BCUT2D eigenvalue weighted by atomic mass is 16.1. The van der Waals surface area contributed by atoms with Crippen molar-refractivity contribution in [3.05, 3.63) is 44.6 Å². The first-order valence-electron chi connectivity index (χ1n) is 8.31. The average Bonchev–Trinajstić information content (AvgIpc) is 2.75. The van der Waals surface area contributed by atoms with E-state index in [4.69, 9.17) is 0 Å². The Labute approximate surface area is 136 Å². The lowest BCUT2D eigenvalue weighted by atomic mass is 10.1. The third kappa shape index (κ3) is 3.08. The largest absolute Gasteiger partial charge is 0.334 e. The van der Waals surface area contributed by atoms with Crippen LogP contribution in [0.3, 0.4) is 0 Å². The van der Waals surface area contributed by atoms with Gasteiger partial charge in [-0.3, -0.25) is 9.69 Å². The summed E-state index contributed by atoms with van der Waals surface area (Å²) in [6, 6.07) is 0. The Morgan fingerprint density at radius 3 is 2.70 bits per heavy atom. The minimum absolute atomic E-state index is 0.0235. The molecular formula is C17H25N5O. The van der Waals surface area contributed by atoms with Gasteiger partial charge in [-0.25, -0.2) is 9.97 Å². The first kappa shape index (κ1) is 15.9. The first-order chi connectivity index (χ1) is 11.0. The lowest BCUT2D eigenvalue weighted by molar-refractivity contribution is 0.233. The van der Waals surface area contributed by atoms with Crippen LogP contribution in [0.2, 0.25) is 0 Å². The van der Waals surface area contributed by atoms with Crippen molar-refractivity contribution >= 4 is 0 Å². The van der Waals surface area contributed by atoms with Crippen LogP contribution in [0.25, 0.3) is 0 Å². The lowest BCUT2D eigenvalue weighted by Gasteiger charge is -2.27. The molecule has 3 heterocycles. The van der Waals surface area contributed by atoms with Crippen LogP contribution < -0.4 is 5.56 Å². The van der Waals surface area contributed by atoms with E-state index >= 15 is 0 Å². The Balaban J connectivity index is 1.80. The van der Waals surface area contributed by atoms with E-state index < -0.39 is 0 Å². The summed E-state index contributed by atoms with van der Waals surface area (Å²) in [7, 11) is 2.05. The molecule has 0 radical (unpaired) electrons. The number of nitrogens with zero attached hydrogens (tertiary/aromatic N) is 4. The summed E-state index contributed by atoms with van der Waals surface area (Å²) in [6.07, 6.45) is 2.65. The average molecular weight is 315 g/mol. The highest BCUT2D eigenvalue weighted by Gasteiger charge is 2.22. The zero-order valence-electron chi connectivity index (χ0n) is 14.4. The third-order valence-electron chi connectivity index (χ3n) is 4.76. The Hall–Kier alpha value is -1.95. The van der Waals surface area contributed by atoms with Gasteiger partial charge in [0.2, 0.25) is 0 Å². The van der Waals surface area contributed by atoms with Crippen LogP contribution in [0.15, 0.2) is 4.79 Å². The number of rotatable bonds is 4. The van der Waals surface area contributed by atoms with Gasteiger partial charge in [0.05, 0.1) is 23.5 Å². The summed E-state index contributed by atoms with van der Waals surface area (Å²) in [6.45, 7) is 8.54. The number of aryl methyl sites for hydroxylation is 2. The number of aromatic nitrogens is 4. The highest BCUT2D eigenvalue weighted by Crippen LogP contribution is 2.17. The molecule has 124 valence electrons. The van der Waals surface area contributed by atoms with Gasteiger partial charge in [-0.15, -0.1) is 0 Å². The van der Waals surface area contributed by atoms with Crippen molar-refractivity contribution in [2.45, 2.75) is 53.1 Å². The zero-order valence-corrected chi connectivity index (χ0v) is 14.4. The number of H-pyrrole nitrogens is 1. The maximum Gasteiger partial charge on any atom is 0.255 e. The minimum atomic E-state index is 0.0235. The SMILES string of the molecule is CCCc1nc2c(c(=O)[nH]1)CN(Cc1nc(C)c(C)n1C)CC2. The molecule has 0 fully saturated rings. The monoisotopic (exact) mass is 315 g/mol. The second-order valence-electron chi connectivity index (χ2n) is 6.41. The summed E-state index contributed by atoms with van der Waals surface area (Å²) in [5.41, 5.74) is 4.08. The van der Waals surface area contributed by atoms with E-state index in [-0.39, 0.29) is 5.56 Å². The molecule has 6 heteroatoms. The van der Waals surface area contributed by atoms with E-state index in [9.17, 15) is 4.79 Å². The standard InChI is InChI=1S/C17H25N5O/c1-5-6-15-19-14-7-8-22(9-13(14)17(23)20-15)10-16-18-11(2)12(3)21(16)4/h5-10H2,1-4H3,(H,19,20,23). The molecule has 0 saturated heterocycles. The van der Waals surface area contributed by atoms with Gasteiger partial charge in [0.1, 0.15) is 11.6 Å². The molecule has 0 aromatic carbocycles. The molecule has 0 atom stereocenters. The smallest absolute Gasteiger partial charge is 0.255 e. The number of imidazole rings is 1. The van der Waals surface area contributed by atoms with Gasteiger partial charge < -0.3 is 9.55 Å². The molecule has 2 aromatic rings. The van der Waals surface area contributed by atoms with E-state index in [1.54, 1.807) is 0 Å². The molecule has 0 unspecified atom stereocenters. The van der Waals surface area contributed by atoms with Gasteiger partial charge in [0.25, 0.3) is 5.56 Å². The predicted molar refractivity (Wildman–Crippen MR) is 89.4 cm³/mol. The van der Waals surface area contributed by atoms with Crippen molar-refractivity contribution in [1.82, 2.24) is 24.4 Å². The van der Waals surface area contributed by atoms with Gasteiger partial charge in [0, 0.05) is 38.7 Å². The van der Waals surface area contributed by atoms with Gasteiger partial charge >= 0.3 is 0 Å². The Bertz CT molecular complexity index is 774. The third-order valence-corrected chi connectivity index (χ3v) is 4.76.